The van der Waals surface area contributed by atoms with Crippen LogP contribution in [-0.2, 0) is 12.6 Å². The zero-order valence-corrected chi connectivity index (χ0v) is 16.0. The Morgan fingerprint density at radius 1 is 1.04 bits per heavy atom. The van der Waals surface area contributed by atoms with E-state index >= 15 is 0 Å². The van der Waals surface area contributed by atoms with E-state index in [-0.39, 0.29) is 11.8 Å². The third-order valence-electron chi connectivity index (χ3n) is 4.22. The van der Waals surface area contributed by atoms with Gasteiger partial charge in [-0.05, 0) is 48.4 Å². The fourth-order valence-corrected chi connectivity index (χ4v) is 2.70. The number of rotatable bonds is 5. The molecule has 0 bridgehead atoms. The Kier molecular flexibility index (Phi) is 5.74. The Bertz CT molecular complexity index is 941. The van der Waals surface area contributed by atoms with Gasteiger partial charge >= 0.3 is 6.18 Å². The van der Waals surface area contributed by atoms with Crippen LogP contribution in [0.1, 0.15) is 18.1 Å². The summed E-state index contributed by atoms with van der Waals surface area (Å²) < 4.78 is 40.3. The van der Waals surface area contributed by atoms with Gasteiger partial charge in [0.1, 0.15) is 11.4 Å². The van der Waals surface area contributed by atoms with E-state index in [1.165, 1.54) is 0 Å². The number of benzene rings is 2. The van der Waals surface area contributed by atoms with E-state index in [9.17, 15) is 13.2 Å². The van der Waals surface area contributed by atoms with Crippen LogP contribution in [0.2, 0.25) is 5.02 Å². The smallest absolute Gasteiger partial charge is 0.340 e. The summed E-state index contributed by atoms with van der Waals surface area (Å²) in [6.07, 6.45) is -2.95. The lowest BCUT2D eigenvalue weighted by molar-refractivity contribution is -0.137. The van der Waals surface area contributed by atoms with Crippen molar-refractivity contribution in [2.24, 2.45) is 0 Å². The van der Waals surface area contributed by atoms with Crippen LogP contribution in [0.3, 0.4) is 0 Å². The van der Waals surface area contributed by atoms with Crippen molar-refractivity contribution in [3.63, 3.8) is 0 Å². The van der Waals surface area contributed by atoms with Crippen molar-refractivity contribution >= 4 is 34.7 Å². The first kappa shape index (κ1) is 19.9. The summed E-state index contributed by atoms with van der Waals surface area (Å²) in [5, 5.41) is 3.33. The molecule has 0 fully saturated rings. The molecular weight excluding hydrogens is 389 g/mol. The van der Waals surface area contributed by atoms with Crippen molar-refractivity contribution < 1.29 is 13.2 Å². The first-order valence-electron chi connectivity index (χ1n) is 8.57. The maximum absolute atomic E-state index is 13.4. The Hall–Kier alpha value is -2.80. The van der Waals surface area contributed by atoms with Gasteiger partial charge in [0.05, 0.1) is 0 Å². The van der Waals surface area contributed by atoms with Crippen molar-refractivity contribution in [2.45, 2.75) is 19.5 Å². The molecule has 0 amide bonds. The Balaban J connectivity index is 1.97. The standard InChI is InChI=1S/C20H18ClF3N4/c1-3-13-4-8-15(9-5-13)26-18-17(20(22,23)24)12-25-19(27-18)28(2)16-10-6-14(21)7-11-16/h4-12H,3H2,1-2H3,(H,25,26,27). The summed E-state index contributed by atoms with van der Waals surface area (Å²) in [5.74, 6) is -0.175. The highest BCUT2D eigenvalue weighted by atomic mass is 35.5. The highest BCUT2D eigenvalue weighted by Gasteiger charge is 2.35. The molecule has 146 valence electrons. The zero-order valence-electron chi connectivity index (χ0n) is 15.3. The van der Waals surface area contributed by atoms with Crippen LogP contribution < -0.4 is 10.2 Å². The molecule has 4 nitrogen and oxygen atoms in total. The molecular formula is C20H18ClF3N4. The highest BCUT2D eigenvalue weighted by Crippen LogP contribution is 2.36. The monoisotopic (exact) mass is 406 g/mol. The van der Waals surface area contributed by atoms with E-state index in [1.807, 2.05) is 19.1 Å². The second kappa shape index (κ2) is 8.06. The van der Waals surface area contributed by atoms with Gasteiger partial charge in [0.25, 0.3) is 0 Å². The first-order valence-corrected chi connectivity index (χ1v) is 8.95. The predicted octanol–water partition coefficient (Wildman–Crippen LogP) is 6.22. The van der Waals surface area contributed by atoms with Gasteiger partial charge in [-0.25, -0.2) is 4.98 Å². The lowest BCUT2D eigenvalue weighted by atomic mass is 10.1. The Morgan fingerprint density at radius 2 is 1.68 bits per heavy atom. The van der Waals surface area contributed by atoms with Crippen molar-refractivity contribution in [1.82, 2.24) is 9.97 Å². The third kappa shape index (κ3) is 4.54. The molecule has 0 radical (unpaired) electrons. The molecule has 0 saturated carbocycles. The largest absolute Gasteiger partial charge is 0.421 e. The SMILES string of the molecule is CCc1ccc(Nc2nc(N(C)c3ccc(Cl)cc3)ncc2C(F)(F)F)cc1. The lowest BCUT2D eigenvalue weighted by Crippen LogP contribution is -2.17. The number of alkyl halides is 3. The van der Waals surface area contributed by atoms with Crippen LogP contribution in [0.5, 0.6) is 0 Å². The maximum Gasteiger partial charge on any atom is 0.421 e. The molecule has 0 atom stereocenters. The summed E-state index contributed by atoms with van der Waals surface area (Å²) in [6.45, 7) is 2.01. The molecule has 1 N–H and O–H groups in total. The molecule has 1 heterocycles. The van der Waals surface area contributed by atoms with E-state index in [1.54, 1.807) is 48.3 Å². The molecule has 28 heavy (non-hydrogen) atoms. The Morgan fingerprint density at radius 3 is 2.25 bits per heavy atom. The van der Waals surface area contributed by atoms with Crippen LogP contribution in [0.15, 0.2) is 54.7 Å². The Labute approximate surface area is 166 Å². The van der Waals surface area contributed by atoms with Gasteiger partial charge in [0, 0.05) is 29.6 Å². The molecule has 0 aliphatic heterocycles. The minimum Gasteiger partial charge on any atom is -0.340 e. The van der Waals surface area contributed by atoms with E-state index < -0.39 is 11.7 Å². The van der Waals surface area contributed by atoms with E-state index in [0.717, 1.165) is 18.2 Å². The second-order valence-corrected chi connectivity index (χ2v) is 6.58. The highest BCUT2D eigenvalue weighted by molar-refractivity contribution is 6.30. The summed E-state index contributed by atoms with van der Waals surface area (Å²) >= 11 is 5.89. The molecule has 0 aliphatic rings. The summed E-state index contributed by atoms with van der Waals surface area (Å²) in [5.41, 5.74) is 1.37. The van der Waals surface area contributed by atoms with Crippen molar-refractivity contribution in [2.75, 3.05) is 17.3 Å². The fourth-order valence-electron chi connectivity index (χ4n) is 2.58. The molecule has 0 unspecified atom stereocenters. The van der Waals surface area contributed by atoms with Crippen molar-refractivity contribution in [1.29, 1.82) is 0 Å². The number of aryl methyl sites for hydroxylation is 1. The average Bonchev–Trinajstić information content (AvgIpc) is 2.68. The topological polar surface area (TPSA) is 41.1 Å². The van der Waals surface area contributed by atoms with Crippen LogP contribution in [-0.4, -0.2) is 17.0 Å². The normalized spacial score (nSPS) is 11.4. The zero-order chi connectivity index (χ0) is 20.3. The molecule has 3 rings (SSSR count). The summed E-state index contributed by atoms with van der Waals surface area (Å²) in [4.78, 5) is 9.61. The van der Waals surface area contributed by atoms with Gasteiger partial charge in [0.15, 0.2) is 0 Å². The minimum atomic E-state index is -4.58. The van der Waals surface area contributed by atoms with Crippen LogP contribution in [0.25, 0.3) is 0 Å². The first-order chi connectivity index (χ1) is 13.3. The minimum absolute atomic E-state index is 0.128. The molecule has 0 saturated heterocycles. The van der Waals surface area contributed by atoms with Crippen molar-refractivity contribution in [3.05, 3.63) is 70.9 Å². The molecule has 1 aromatic heterocycles. The second-order valence-electron chi connectivity index (χ2n) is 6.14. The predicted molar refractivity (Wildman–Crippen MR) is 106 cm³/mol. The number of aromatic nitrogens is 2. The van der Waals surface area contributed by atoms with Crippen LogP contribution in [0, 0.1) is 0 Å². The summed E-state index contributed by atoms with van der Waals surface area (Å²) in [7, 11) is 1.67. The van der Waals surface area contributed by atoms with Gasteiger partial charge in [-0.1, -0.05) is 30.7 Å². The fraction of sp³-hybridized carbons (Fsp3) is 0.200. The molecule has 0 spiro atoms. The number of anilines is 4. The molecule has 0 aliphatic carbocycles. The number of nitrogens with one attached hydrogen (secondary N) is 1. The van der Waals surface area contributed by atoms with Gasteiger partial charge in [-0.15, -0.1) is 0 Å². The van der Waals surface area contributed by atoms with E-state index in [0.29, 0.717) is 16.4 Å². The molecule has 3 aromatic rings. The van der Waals surface area contributed by atoms with E-state index in [4.69, 9.17) is 11.6 Å². The number of hydrogen-bond donors (Lipinski definition) is 1. The molecule has 2 aromatic carbocycles. The van der Waals surface area contributed by atoms with Crippen LogP contribution in [0.4, 0.5) is 36.3 Å². The maximum atomic E-state index is 13.4. The third-order valence-corrected chi connectivity index (χ3v) is 4.47. The van der Waals surface area contributed by atoms with Gasteiger partial charge in [0.2, 0.25) is 5.95 Å². The van der Waals surface area contributed by atoms with Gasteiger partial charge in [-0.2, -0.15) is 18.2 Å². The quantitative estimate of drug-likeness (QED) is 0.546. The van der Waals surface area contributed by atoms with E-state index in [2.05, 4.69) is 15.3 Å². The lowest BCUT2D eigenvalue weighted by Gasteiger charge is -2.20. The van der Waals surface area contributed by atoms with Crippen molar-refractivity contribution in [3.8, 4) is 0 Å². The molecule has 8 heteroatoms. The number of hydrogen-bond acceptors (Lipinski definition) is 4. The van der Waals surface area contributed by atoms with Gasteiger partial charge < -0.3 is 10.2 Å². The van der Waals surface area contributed by atoms with Crippen LogP contribution >= 0.6 is 11.6 Å². The summed E-state index contributed by atoms with van der Waals surface area (Å²) in [6, 6.07) is 14.0. The average molecular weight is 407 g/mol. The number of nitrogens with zero attached hydrogens (tertiary/aromatic N) is 3. The number of halogens is 4. The van der Waals surface area contributed by atoms with Gasteiger partial charge in [-0.3, -0.25) is 0 Å².